The third-order valence-electron chi connectivity index (χ3n) is 2.41. The third kappa shape index (κ3) is 0.960. The molecule has 3 rings (SSSR count). The smallest absolute Gasteiger partial charge is 0.0675 e. The van der Waals surface area contributed by atoms with Crippen molar-refractivity contribution in [1.82, 2.24) is 10.2 Å². The maximum atomic E-state index is 3.92. The highest BCUT2D eigenvalue weighted by Crippen LogP contribution is 2.34. The van der Waals surface area contributed by atoms with Gasteiger partial charge >= 0.3 is 0 Å². The monoisotopic (exact) mass is 200 g/mol. The summed E-state index contributed by atoms with van der Waals surface area (Å²) in [6.45, 7) is 2.14. The summed E-state index contributed by atoms with van der Waals surface area (Å²) >= 11 is 1.79. The van der Waals surface area contributed by atoms with Crippen molar-refractivity contribution in [1.29, 1.82) is 0 Å². The van der Waals surface area contributed by atoms with Gasteiger partial charge in [0.25, 0.3) is 0 Å². The van der Waals surface area contributed by atoms with E-state index in [1.165, 1.54) is 25.7 Å². The largest absolute Gasteiger partial charge is 0.158 e. The highest BCUT2D eigenvalue weighted by molar-refractivity contribution is 7.26. The van der Waals surface area contributed by atoms with Gasteiger partial charge in [-0.2, -0.15) is 10.2 Å². The van der Waals surface area contributed by atoms with Crippen molar-refractivity contribution in [2.24, 2.45) is 0 Å². The Morgan fingerprint density at radius 2 is 1.93 bits per heavy atom. The highest BCUT2D eigenvalue weighted by atomic mass is 32.1. The first kappa shape index (κ1) is 7.88. The molecular formula is C11H8N2S. The van der Waals surface area contributed by atoms with Crippen LogP contribution in [0.2, 0.25) is 0 Å². The molecule has 0 unspecified atom stereocenters. The van der Waals surface area contributed by atoms with Gasteiger partial charge in [-0.3, -0.25) is 0 Å². The second-order valence-corrected chi connectivity index (χ2v) is 4.37. The molecule has 14 heavy (non-hydrogen) atoms. The number of thiophene rings is 1. The fourth-order valence-corrected chi connectivity index (χ4v) is 2.81. The van der Waals surface area contributed by atoms with Crippen LogP contribution >= 0.6 is 11.3 Å². The molecule has 1 aromatic carbocycles. The summed E-state index contributed by atoms with van der Waals surface area (Å²) in [7, 11) is 0. The van der Waals surface area contributed by atoms with E-state index in [4.69, 9.17) is 0 Å². The minimum atomic E-state index is 1.21. The fraction of sp³-hybridized carbons (Fsp3) is 0.0909. The molecule has 2 heterocycles. The van der Waals surface area contributed by atoms with Gasteiger partial charge in [0.15, 0.2) is 0 Å². The van der Waals surface area contributed by atoms with E-state index < -0.39 is 0 Å². The van der Waals surface area contributed by atoms with Gasteiger partial charge in [0.2, 0.25) is 0 Å². The van der Waals surface area contributed by atoms with E-state index in [0.717, 1.165) is 0 Å². The van der Waals surface area contributed by atoms with Crippen LogP contribution in [-0.2, 0) is 0 Å². The zero-order valence-corrected chi connectivity index (χ0v) is 8.51. The fourth-order valence-electron chi connectivity index (χ4n) is 1.70. The minimum Gasteiger partial charge on any atom is -0.158 e. The van der Waals surface area contributed by atoms with E-state index in [-0.39, 0.29) is 0 Å². The first-order chi connectivity index (χ1) is 6.86. The predicted octanol–water partition coefficient (Wildman–Crippen LogP) is 3.15. The summed E-state index contributed by atoms with van der Waals surface area (Å²) in [5.41, 5.74) is 1.32. The normalized spacial score (nSPS) is 11.2. The second-order valence-electron chi connectivity index (χ2n) is 3.32. The average molecular weight is 200 g/mol. The number of aromatic nitrogens is 2. The molecule has 3 aromatic rings. The van der Waals surface area contributed by atoms with Crippen molar-refractivity contribution < 1.29 is 0 Å². The molecule has 0 N–H and O–H groups in total. The number of aryl methyl sites for hydroxylation is 1. The Balaban J connectivity index is 2.63. The predicted molar refractivity (Wildman–Crippen MR) is 59.7 cm³/mol. The minimum absolute atomic E-state index is 1.21. The lowest BCUT2D eigenvalue weighted by molar-refractivity contribution is 1.05. The molecule has 2 nitrogen and oxygen atoms in total. The Morgan fingerprint density at radius 3 is 2.86 bits per heavy atom. The van der Waals surface area contributed by atoms with Crippen LogP contribution in [0.4, 0.5) is 0 Å². The van der Waals surface area contributed by atoms with Gasteiger partial charge in [-0.1, -0.05) is 18.2 Å². The van der Waals surface area contributed by atoms with Gasteiger partial charge in [-0.05, 0) is 12.5 Å². The van der Waals surface area contributed by atoms with Gasteiger partial charge < -0.3 is 0 Å². The molecule has 0 aliphatic carbocycles. The Morgan fingerprint density at radius 1 is 1.07 bits per heavy atom. The molecule has 0 aliphatic rings. The molecule has 0 radical (unpaired) electrons. The maximum Gasteiger partial charge on any atom is 0.0675 e. The van der Waals surface area contributed by atoms with E-state index in [9.17, 15) is 0 Å². The zero-order valence-electron chi connectivity index (χ0n) is 7.69. The number of hydrogen-bond donors (Lipinski definition) is 0. The maximum absolute atomic E-state index is 3.92. The Labute approximate surface area is 85.2 Å². The Hall–Kier alpha value is -1.48. The molecule has 0 saturated heterocycles. The van der Waals surface area contributed by atoms with Crippen molar-refractivity contribution in [2.75, 3.05) is 0 Å². The Kier molecular flexibility index (Phi) is 1.55. The number of rotatable bonds is 0. The van der Waals surface area contributed by atoms with Crippen molar-refractivity contribution in [2.45, 2.75) is 6.92 Å². The average Bonchev–Trinajstić information content (AvgIpc) is 2.59. The van der Waals surface area contributed by atoms with Crippen LogP contribution in [0.25, 0.3) is 20.2 Å². The molecule has 0 amide bonds. The quantitative estimate of drug-likeness (QED) is 0.557. The van der Waals surface area contributed by atoms with E-state index in [0.29, 0.717) is 0 Å². The van der Waals surface area contributed by atoms with E-state index >= 15 is 0 Å². The zero-order chi connectivity index (χ0) is 9.54. The molecule has 3 heteroatoms. The van der Waals surface area contributed by atoms with Gasteiger partial charge in [-0.15, -0.1) is 11.3 Å². The van der Waals surface area contributed by atoms with Crippen molar-refractivity contribution in [3.05, 3.63) is 36.2 Å². The van der Waals surface area contributed by atoms with Crippen LogP contribution < -0.4 is 0 Å². The highest BCUT2D eigenvalue weighted by Gasteiger charge is 2.05. The van der Waals surface area contributed by atoms with Gasteiger partial charge in [-0.25, -0.2) is 0 Å². The van der Waals surface area contributed by atoms with Crippen LogP contribution in [0.3, 0.4) is 0 Å². The third-order valence-corrected chi connectivity index (χ3v) is 3.70. The number of benzene rings is 1. The van der Waals surface area contributed by atoms with Crippen molar-refractivity contribution in [3.8, 4) is 0 Å². The first-order valence-electron chi connectivity index (χ1n) is 4.45. The summed E-state index contributed by atoms with van der Waals surface area (Å²) in [4.78, 5) is 0. The lowest BCUT2D eigenvalue weighted by Crippen LogP contribution is -1.75. The second kappa shape index (κ2) is 2.75. The molecule has 68 valence electrons. The molecule has 2 aromatic heterocycles. The first-order valence-corrected chi connectivity index (χ1v) is 5.26. The Bertz CT molecular complexity index is 613. The van der Waals surface area contributed by atoms with Crippen LogP contribution in [0.1, 0.15) is 5.56 Å². The summed E-state index contributed by atoms with van der Waals surface area (Å²) in [6.07, 6.45) is 3.67. The number of fused-ring (bicyclic) bond motifs is 3. The summed E-state index contributed by atoms with van der Waals surface area (Å²) in [6, 6.07) is 6.37. The topological polar surface area (TPSA) is 25.8 Å². The molecule has 0 spiro atoms. The number of nitrogens with zero attached hydrogens (tertiary/aromatic N) is 2. The van der Waals surface area contributed by atoms with E-state index in [2.05, 4.69) is 35.3 Å². The molecule has 0 aliphatic heterocycles. The van der Waals surface area contributed by atoms with Crippen LogP contribution in [0.5, 0.6) is 0 Å². The lowest BCUT2D eigenvalue weighted by Gasteiger charge is -1.92. The van der Waals surface area contributed by atoms with Crippen LogP contribution in [0, 0.1) is 6.92 Å². The van der Waals surface area contributed by atoms with Crippen LogP contribution in [-0.4, -0.2) is 10.2 Å². The molecule has 0 saturated carbocycles. The van der Waals surface area contributed by atoms with Crippen LogP contribution in [0.15, 0.2) is 30.6 Å². The molecule has 0 fully saturated rings. The van der Waals surface area contributed by atoms with E-state index in [1.807, 2.05) is 12.4 Å². The summed E-state index contributed by atoms with van der Waals surface area (Å²) in [5.74, 6) is 0. The number of hydrogen-bond acceptors (Lipinski definition) is 3. The SMILES string of the molecule is Cc1cccc2c1sc1cnncc12. The molecule has 0 atom stereocenters. The molecule has 0 bridgehead atoms. The van der Waals surface area contributed by atoms with Gasteiger partial charge in [0.05, 0.1) is 17.1 Å². The summed E-state index contributed by atoms with van der Waals surface area (Å²) in [5, 5.41) is 10.3. The van der Waals surface area contributed by atoms with Crippen molar-refractivity contribution in [3.63, 3.8) is 0 Å². The van der Waals surface area contributed by atoms with Gasteiger partial charge in [0.1, 0.15) is 0 Å². The van der Waals surface area contributed by atoms with E-state index in [1.54, 1.807) is 11.3 Å². The lowest BCUT2D eigenvalue weighted by atomic mass is 10.1. The molecular weight excluding hydrogens is 192 g/mol. The summed E-state index contributed by atoms with van der Waals surface area (Å²) < 4.78 is 2.56. The van der Waals surface area contributed by atoms with Crippen molar-refractivity contribution >= 4 is 31.5 Å². The van der Waals surface area contributed by atoms with Gasteiger partial charge in [0, 0.05) is 15.5 Å². The standard InChI is InChI=1S/C11H8N2S/c1-7-3-2-4-8-9-5-12-13-6-10(9)14-11(7)8/h2-6H,1H3.